The SMILES string of the molecule is CC(C)(C)n1ccc2c1=CCC=CC=2.CCOC(C)=O.CO. The summed E-state index contributed by atoms with van der Waals surface area (Å²) in [5, 5.41) is 9.68. The smallest absolute Gasteiger partial charge is 0.302 e. The van der Waals surface area contributed by atoms with Crippen molar-refractivity contribution in [3.05, 3.63) is 35.0 Å². The van der Waals surface area contributed by atoms with Gasteiger partial charge in [-0.05, 0) is 45.4 Å². The second kappa shape index (κ2) is 10.0. The van der Waals surface area contributed by atoms with E-state index in [-0.39, 0.29) is 11.5 Å². The van der Waals surface area contributed by atoms with Gasteiger partial charge in [-0.2, -0.15) is 0 Å². The molecule has 0 aliphatic heterocycles. The Morgan fingerprint density at radius 1 is 1.36 bits per heavy atom. The van der Waals surface area contributed by atoms with Crippen molar-refractivity contribution in [2.24, 2.45) is 0 Å². The zero-order valence-corrected chi connectivity index (χ0v) is 14.6. The van der Waals surface area contributed by atoms with E-state index in [1.807, 2.05) is 0 Å². The van der Waals surface area contributed by atoms with E-state index in [2.05, 4.69) is 66.6 Å². The number of hydrogen-bond donors (Lipinski definition) is 1. The van der Waals surface area contributed by atoms with Gasteiger partial charge in [0, 0.05) is 31.1 Å². The highest BCUT2D eigenvalue weighted by molar-refractivity contribution is 5.65. The lowest BCUT2D eigenvalue weighted by atomic mass is 10.1. The van der Waals surface area contributed by atoms with Gasteiger partial charge in [0.05, 0.1) is 6.61 Å². The first-order valence-electron chi connectivity index (χ1n) is 7.49. The molecule has 0 bridgehead atoms. The number of allylic oxidation sites excluding steroid dienone is 2. The van der Waals surface area contributed by atoms with Crippen molar-refractivity contribution in [3.63, 3.8) is 0 Å². The number of aromatic nitrogens is 1. The van der Waals surface area contributed by atoms with Crippen LogP contribution in [0.4, 0.5) is 0 Å². The summed E-state index contributed by atoms with van der Waals surface area (Å²) in [4.78, 5) is 9.82. The number of carbonyl (C=O) groups is 1. The van der Waals surface area contributed by atoms with Crippen molar-refractivity contribution < 1.29 is 14.6 Å². The van der Waals surface area contributed by atoms with Gasteiger partial charge < -0.3 is 14.4 Å². The number of aliphatic hydroxyl groups excluding tert-OH is 1. The third-order valence-electron chi connectivity index (χ3n) is 2.89. The van der Waals surface area contributed by atoms with Gasteiger partial charge in [0.25, 0.3) is 0 Å². The van der Waals surface area contributed by atoms with E-state index in [4.69, 9.17) is 5.11 Å². The van der Waals surface area contributed by atoms with Crippen LogP contribution in [0.1, 0.15) is 41.0 Å². The number of nitrogens with zero attached hydrogens (tertiary/aromatic N) is 1. The summed E-state index contributed by atoms with van der Waals surface area (Å²) in [5.74, 6) is -0.211. The minimum absolute atomic E-state index is 0.169. The van der Waals surface area contributed by atoms with E-state index in [0.717, 1.165) is 13.5 Å². The molecule has 1 aromatic heterocycles. The monoisotopic (exact) mass is 307 g/mol. The second-order valence-corrected chi connectivity index (χ2v) is 5.66. The van der Waals surface area contributed by atoms with Gasteiger partial charge in [0.1, 0.15) is 0 Å². The number of ether oxygens (including phenoxy) is 1. The molecule has 4 heteroatoms. The lowest BCUT2D eigenvalue weighted by molar-refractivity contribution is -0.140. The van der Waals surface area contributed by atoms with Crippen molar-refractivity contribution in [2.75, 3.05) is 13.7 Å². The average molecular weight is 307 g/mol. The van der Waals surface area contributed by atoms with Crippen LogP contribution >= 0.6 is 0 Å². The number of esters is 1. The molecule has 0 saturated carbocycles. The molecule has 0 spiro atoms. The van der Waals surface area contributed by atoms with E-state index in [1.54, 1.807) is 6.92 Å². The molecule has 1 aliphatic carbocycles. The Hall–Kier alpha value is -1.81. The van der Waals surface area contributed by atoms with Gasteiger partial charge in [-0.25, -0.2) is 0 Å². The number of hydrogen-bond acceptors (Lipinski definition) is 3. The molecular weight excluding hydrogens is 278 g/mol. The Bertz CT molecular complexity index is 589. The van der Waals surface area contributed by atoms with Gasteiger partial charge >= 0.3 is 5.97 Å². The molecule has 0 radical (unpaired) electrons. The Kier molecular flexibility index (Phi) is 9.18. The Labute approximate surface area is 133 Å². The average Bonchev–Trinajstić information content (AvgIpc) is 2.72. The molecule has 1 heterocycles. The second-order valence-electron chi connectivity index (χ2n) is 5.66. The number of aliphatic hydroxyl groups is 1. The maximum atomic E-state index is 9.82. The van der Waals surface area contributed by atoms with Crippen molar-refractivity contribution in [2.45, 2.75) is 46.6 Å². The van der Waals surface area contributed by atoms with Crippen molar-refractivity contribution in [3.8, 4) is 0 Å². The number of fused-ring (bicyclic) bond motifs is 1. The lowest BCUT2D eigenvalue weighted by Gasteiger charge is -2.21. The fraction of sp³-hybridized carbons (Fsp3) is 0.500. The Morgan fingerprint density at radius 2 is 2.00 bits per heavy atom. The summed E-state index contributed by atoms with van der Waals surface area (Å²) in [5.41, 5.74) is 0.169. The molecule has 0 amide bonds. The minimum atomic E-state index is -0.211. The van der Waals surface area contributed by atoms with Crippen LogP contribution in [0.2, 0.25) is 0 Å². The molecule has 2 rings (SSSR count). The minimum Gasteiger partial charge on any atom is -0.466 e. The molecule has 0 unspecified atom stereocenters. The van der Waals surface area contributed by atoms with Crippen LogP contribution in [0, 0.1) is 0 Å². The summed E-state index contributed by atoms with van der Waals surface area (Å²) < 4.78 is 6.74. The van der Waals surface area contributed by atoms with E-state index in [9.17, 15) is 4.79 Å². The fourth-order valence-electron chi connectivity index (χ4n) is 2.03. The lowest BCUT2D eigenvalue weighted by Crippen LogP contribution is -2.37. The molecule has 1 aliphatic rings. The maximum absolute atomic E-state index is 9.82. The van der Waals surface area contributed by atoms with Gasteiger partial charge in [-0.1, -0.05) is 24.3 Å². The highest BCUT2D eigenvalue weighted by atomic mass is 16.5. The summed E-state index contributed by atoms with van der Waals surface area (Å²) >= 11 is 0. The van der Waals surface area contributed by atoms with Gasteiger partial charge in [-0.15, -0.1) is 0 Å². The molecule has 22 heavy (non-hydrogen) atoms. The zero-order chi connectivity index (χ0) is 17.2. The molecule has 0 atom stereocenters. The highest BCUT2D eigenvalue weighted by Gasteiger charge is 2.13. The first-order valence-corrected chi connectivity index (χ1v) is 7.49. The normalized spacial score (nSPS) is 12.1. The quantitative estimate of drug-likeness (QED) is 0.807. The molecule has 0 aromatic carbocycles. The van der Waals surface area contributed by atoms with Gasteiger partial charge in [0.2, 0.25) is 0 Å². The van der Waals surface area contributed by atoms with Crippen LogP contribution < -0.4 is 10.6 Å². The van der Waals surface area contributed by atoms with Crippen molar-refractivity contribution in [1.82, 2.24) is 4.57 Å². The van der Waals surface area contributed by atoms with Gasteiger partial charge in [0.15, 0.2) is 0 Å². The predicted octanol–water partition coefficient (Wildman–Crippen LogP) is 1.94. The summed E-state index contributed by atoms with van der Waals surface area (Å²) in [7, 11) is 1.00. The Balaban J connectivity index is 0.000000470. The predicted molar refractivity (Wildman–Crippen MR) is 91.8 cm³/mol. The molecule has 4 nitrogen and oxygen atoms in total. The molecule has 0 saturated heterocycles. The third-order valence-corrected chi connectivity index (χ3v) is 2.89. The molecule has 0 fully saturated rings. The highest BCUT2D eigenvalue weighted by Crippen LogP contribution is 2.09. The summed E-state index contributed by atoms with van der Waals surface area (Å²) in [6, 6.07) is 2.19. The van der Waals surface area contributed by atoms with Crippen molar-refractivity contribution in [1.29, 1.82) is 0 Å². The van der Waals surface area contributed by atoms with Crippen LogP contribution in [0.5, 0.6) is 0 Å². The molecule has 1 aromatic rings. The standard InChI is InChI=1S/C13H17N.C4H8O2.CH4O/c1-13(2,3)14-10-9-11-7-5-4-6-8-12(11)14;1-3-6-4(2)5;1-2/h4-5,7-10H,6H2,1-3H3;3H2,1-2H3;2H,1H3. The van der Waals surface area contributed by atoms with Crippen LogP contribution in [0.15, 0.2) is 24.4 Å². The zero-order valence-electron chi connectivity index (χ0n) is 14.6. The molecule has 124 valence electrons. The van der Waals surface area contributed by atoms with E-state index in [1.165, 1.54) is 17.5 Å². The van der Waals surface area contributed by atoms with Gasteiger partial charge in [-0.3, -0.25) is 4.79 Å². The molecular formula is C18H29NO3. The van der Waals surface area contributed by atoms with E-state index in [0.29, 0.717) is 6.61 Å². The van der Waals surface area contributed by atoms with Crippen molar-refractivity contribution >= 4 is 18.1 Å². The van der Waals surface area contributed by atoms with E-state index >= 15 is 0 Å². The van der Waals surface area contributed by atoms with Crippen LogP contribution in [-0.2, 0) is 15.1 Å². The third kappa shape index (κ3) is 6.76. The van der Waals surface area contributed by atoms with Crippen LogP contribution in [0.3, 0.4) is 0 Å². The Morgan fingerprint density at radius 3 is 2.45 bits per heavy atom. The fourth-order valence-corrected chi connectivity index (χ4v) is 2.03. The largest absolute Gasteiger partial charge is 0.466 e. The maximum Gasteiger partial charge on any atom is 0.302 e. The van der Waals surface area contributed by atoms with E-state index < -0.39 is 0 Å². The molecule has 1 N–H and O–H groups in total. The topological polar surface area (TPSA) is 51.5 Å². The summed E-state index contributed by atoms with van der Waals surface area (Å²) in [6.45, 7) is 10.4. The number of carbonyl (C=O) groups excluding carboxylic acids is 1. The van der Waals surface area contributed by atoms with Crippen LogP contribution in [0.25, 0.3) is 12.2 Å². The number of rotatable bonds is 1. The first kappa shape index (κ1) is 20.2. The summed E-state index contributed by atoms with van der Waals surface area (Å²) in [6.07, 6.45) is 12.0. The van der Waals surface area contributed by atoms with Crippen LogP contribution in [-0.4, -0.2) is 29.4 Å². The first-order chi connectivity index (χ1) is 10.4.